The van der Waals surface area contributed by atoms with E-state index >= 15 is 0 Å². The highest BCUT2D eigenvalue weighted by molar-refractivity contribution is 5.98. The third-order valence-electron chi connectivity index (χ3n) is 7.25. The first kappa shape index (κ1) is 20.4. The Bertz CT molecular complexity index is 1230. The summed E-state index contributed by atoms with van der Waals surface area (Å²) in [5, 5.41) is 20.0. The van der Waals surface area contributed by atoms with E-state index in [0.717, 1.165) is 47.2 Å². The predicted molar refractivity (Wildman–Crippen MR) is 122 cm³/mol. The summed E-state index contributed by atoms with van der Waals surface area (Å²) < 4.78 is 0. The van der Waals surface area contributed by atoms with Crippen LogP contribution in [0.1, 0.15) is 42.4 Å². The number of aryl methyl sites for hydroxylation is 1. The fourth-order valence-electron chi connectivity index (χ4n) is 5.87. The minimum Gasteiger partial charge on any atom is -0.515 e. The Morgan fingerprint density at radius 1 is 1.09 bits per heavy atom. The lowest BCUT2D eigenvalue weighted by Gasteiger charge is -2.51. The summed E-state index contributed by atoms with van der Waals surface area (Å²) in [5.74, 6) is 0.708. The Morgan fingerprint density at radius 3 is 2.59 bits per heavy atom. The van der Waals surface area contributed by atoms with Gasteiger partial charge >= 0.3 is 0 Å². The van der Waals surface area contributed by atoms with Gasteiger partial charge in [0.2, 0.25) is 0 Å². The van der Waals surface area contributed by atoms with E-state index in [4.69, 9.17) is 9.97 Å². The number of carbonyl (C=O) groups is 1. The van der Waals surface area contributed by atoms with Crippen molar-refractivity contribution in [3.8, 4) is 17.0 Å². The molecule has 2 aliphatic carbocycles. The van der Waals surface area contributed by atoms with Crippen LogP contribution >= 0.6 is 0 Å². The van der Waals surface area contributed by atoms with E-state index in [1.807, 2.05) is 44.2 Å². The molecular weight excluding hydrogens is 400 g/mol. The Morgan fingerprint density at radius 2 is 1.88 bits per heavy atom. The van der Waals surface area contributed by atoms with Crippen LogP contribution in [0.5, 0.6) is 5.75 Å². The van der Waals surface area contributed by atoms with Crippen molar-refractivity contribution >= 4 is 5.78 Å². The summed E-state index contributed by atoms with van der Waals surface area (Å²) >= 11 is 0. The Hall–Kier alpha value is -3.47. The van der Waals surface area contributed by atoms with Crippen molar-refractivity contribution in [2.24, 2.45) is 11.8 Å². The lowest BCUT2D eigenvalue weighted by atomic mass is 9.52. The molecular formula is C27H26N2O3. The van der Waals surface area contributed by atoms with Gasteiger partial charge in [-0.15, -0.1) is 0 Å². The molecule has 5 rings (SSSR count). The van der Waals surface area contributed by atoms with Crippen molar-refractivity contribution < 1.29 is 15.0 Å². The van der Waals surface area contributed by atoms with Crippen molar-refractivity contribution in [3.05, 3.63) is 89.1 Å². The summed E-state index contributed by atoms with van der Waals surface area (Å²) in [6.07, 6.45) is 2.98. The molecule has 0 radical (unpaired) electrons. The lowest BCUT2D eigenvalue weighted by molar-refractivity contribution is -0.123. The van der Waals surface area contributed by atoms with Gasteiger partial charge < -0.3 is 10.2 Å². The van der Waals surface area contributed by atoms with E-state index < -0.39 is 5.41 Å². The minimum atomic E-state index is -0.532. The van der Waals surface area contributed by atoms with Gasteiger partial charge in [-0.25, -0.2) is 9.97 Å². The molecule has 1 fully saturated rings. The molecule has 5 nitrogen and oxygen atoms in total. The second kappa shape index (κ2) is 7.59. The summed E-state index contributed by atoms with van der Waals surface area (Å²) in [4.78, 5) is 22.8. The minimum absolute atomic E-state index is 0.0199. The normalized spacial score (nSPS) is 25.9. The van der Waals surface area contributed by atoms with E-state index in [1.165, 1.54) is 0 Å². The third kappa shape index (κ3) is 2.95. The fourth-order valence-corrected chi connectivity index (χ4v) is 5.87. The number of benzene rings is 2. The molecule has 1 saturated carbocycles. The maximum Gasteiger partial charge on any atom is 0.165 e. The number of ketones is 1. The van der Waals surface area contributed by atoms with Crippen LogP contribution in [0.15, 0.2) is 66.4 Å². The molecule has 1 heterocycles. The number of Topliss-reactive ketones (excluding diaryl/α,β-unsaturated/α-hetero) is 1. The van der Waals surface area contributed by atoms with Crippen LogP contribution in [-0.4, -0.2) is 26.0 Å². The number of fused-ring (bicyclic) bond motifs is 3. The number of carbonyl (C=O) groups excluding carboxylic acids is 1. The molecule has 0 unspecified atom stereocenters. The fraction of sp³-hybridized carbons (Fsp3) is 0.296. The van der Waals surface area contributed by atoms with Gasteiger partial charge in [0.15, 0.2) is 5.78 Å². The van der Waals surface area contributed by atoms with Gasteiger partial charge in [0, 0.05) is 28.0 Å². The number of nitrogens with zero attached hydrogens (tertiary/aromatic N) is 2. The summed E-state index contributed by atoms with van der Waals surface area (Å²) in [6, 6.07) is 17.4. The molecule has 1 aromatic heterocycles. The number of hydrogen-bond acceptors (Lipinski definition) is 5. The van der Waals surface area contributed by atoms with E-state index in [9.17, 15) is 15.0 Å². The summed E-state index contributed by atoms with van der Waals surface area (Å²) in [7, 11) is 0. The molecule has 2 aromatic carbocycles. The van der Waals surface area contributed by atoms with Gasteiger partial charge in [0.1, 0.15) is 11.6 Å². The second-order valence-electron chi connectivity index (χ2n) is 8.96. The molecule has 0 amide bonds. The zero-order valence-electron chi connectivity index (χ0n) is 18.2. The first-order chi connectivity index (χ1) is 15.5. The maximum atomic E-state index is 13.0. The molecule has 3 atom stereocenters. The van der Waals surface area contributed by atoms with E-state index in [0.29, 0.717) is 17.8 Å². The van der Waals surface area contributed by atoms with Crippen LogP contribution in [0.25, 0.3) is 11.3 Å². The van der Waals surface area contributed by atoms with Crippen LogP contribution in [-0.2, 0) is 16.6 Å². The first-order valence-corrected chi connectivity index (χ1v) is 11.1. The monoisotopic (exact) mass is 426 g/mol. The SMILES string of the molecule is Cc1nc(-c2cccc(O)c2)c2c(n1)[C@@]1(c3ccccc3)C/C(=C/O)C(=O)[C@@H](C)[C@@H]1CC2. The van der Waals surface area contributed by atoms with Gasteiger partial charge in [0.05, 0.1) is 17.6 Å². The largest absolute Gasteiger partial charge is 0.515 e. The molecule has 5 heteroatoms. The number of aliphatic hydroxyl groups excluding tert-OH is 1. The number of hydrogen-bond donors (Lipinski definition) is 2. The Balaban J connectivity index is 1.83. The molecule has 0 saturated heterocycles. The van der Waals surface area contributed by atoms with E-state index in [-0.39, 0.29) is 23.4 Å². The number of phenolic OH excluding ortho intramolecular Hbond substituents is 1. The number of rotatable bonds is 2. The van der Waals surface area contributed by atoms with Gasteiger partial charge in [-0.2, -0.15) is 0 Å². The van der Waals surface area contributed by atoms with Crippen LogP contribution in [0.3, 0.4) is 0 Å². The molecule has 0 aliphatic heterocycles. The quantitative estimate of drug-likeness (QED) is 0.442. The zero-order valence-corrected chi connectivity index (χ0v) is 18.2. The number of allylic oxidation sites excluding steroid dienone is 1. The standard InChI is InChI=1S/C27H26N2O3/c1-16-23-12-11-22-24(18-7-6-10-21(31)13-18)28-17(2)29-26(22)27(23,14-19(15-30)25(16)32)20-8-4-3-5-9-20/h3-10,13,15-16,23,30-31H,11-12,14H2,1-2H3/b19-15-/t16-,23-,27+/m0/s1. The molecule has 2 N–H and O–H groups in total. The third-order valence-corrected chi connectivity index (χ3v) is 7.25. The Labute approximate surface area is 187 Å². The number of aromatic nitrogens is 2. The summed E-state index contributed by atoms with van der Waals surface area (Å²) in [5.41, 5.74) is 4.69. The first-order valence-electron chi connectivity index (χ1n) is 11.1. The van der Waals surface area contributed by atoms with Crippen molar-refractivity contribution in [1.29, 1.82) is 0 Å². The van der Waals surface area contributed by atoms with Crippen molar-refractivity contribution in [2.45, 2.75) is 38.5 Å². The van der Waals surface area contributed by atoms with Crippen molar-refractivity contribution in [3.63, 3.8) is 0 Å². The molecule has 162 valence electrons. The van der Waals surface area contributed by atoms with Crippen LogP contribution < -0.4 is 0 Å². The average molecular weight is 427 g/mol. The highest BCUT2D eigenvalue weighted by Crippen LogP contribution is 2.56. The number of phenols is 1. The second-order valence-corrected chi connectivity index (χ2v) is 8.96. The zero-order chi connectivity index (χ0) is 22.5. The Kier molecular flexibility index (Phi) is 4.85. The van der Waals surface area contributed by atoms with Crippen molar-refractivity contribution in [1.82, 2.24) is 9.97 Å². The van der Waals surface area contributed by atoms with E-state index in [2.05, 4.69) is 12.1 Å². The highest BCUT2D eigenvalue weighted by Gasteiger charge is 2.55. The van der Waals surface area contributed by atoms with Crippen LogP contribution in [0.2, 0.25) is 0 Å². The molecule has 2 aliphatic rings. The smallest absolute Gasteiger partial charge is 0.165 e. The molecule has 3 aromatic rings. The molecule has 0 spiro atoms. The summed E-state index contributed by atoms with van der Waals surface area (Å²) in [6.45, 7) is 3.86. The predicted octanol–water partition coefficient (Wildman–Crippen LogP) is 5.06. The van der Waals surface area contributed by atoms with Crippen LogP contribution in [0, 0.1) is 18.8 Å². The van der Waals surface area contributed by atoms with Gasteiger partial charge in [-0.05, 0) is 49.8 Å². The maximum absolute atomic E-state index is 13.0. The topological polar surface area (TPSA) is 83.3 Å². The molecule has 32 heavy (non-hydrogen) atoms. The van der Waals surface area contributed by atoms with E-state index in [1.54, 1.807) is 12.1 Å². The van der Waals surface area contributed by atoms with Gasteiger partial charge in [-0.1, -0.05) is 49.4 Å². The number of aliphatic hydroxyl groups is 1. The number of aromatic hydroxyl groups is 1. The van der Waals surface area contributed by atoms with Crippen molar-refractivity contribution in [2.75, 3.05) is 0 Å². The highest BCUT2D eigenvalue weighted by atomic mass is 16.3. The van der Waals surface area contributed by atoms with Gasteiger partial charge in [-0.3, -0.25) is 4.79 Å². The average Bonchev–Trinajstić information content (AvgIpc) is 2.81. The van der Waals surface area contributed by atoms with Crippen LogP contribution in [0.4, 0.5) is 0 Å². The van der Waals surface area contributed by atoms with Gasteiger partial charge in [0.25, 0.3) is 0 Å². The lowest BCUT2D eigenvalue weighted by Crippen LogP contribution is -2.51. The molecule has 0 bridgehead atoms.